The van der Waals surface area contributed by atoms with Crippen molar-refractivity contribution in [3.63, 3.8) is 0 Å². The zero-order chi connectivity index (χ0) is 18.0. The first-order valence-corrected chi connectivity index (χ1v) is 8.76. The van der Waals surface area contributed by atoms with Crippen LogP contribution in [-0.2, 0) is 18.3 Å². The van der Waals surface area contributed by atoms with E-state index in [0.717, 1.165) is 0 Å². The number of quaternary nitrogens is 4. The Morgan fingerprint density at radius 2 is 0.292 bits per heavy atom. The summed E-state index contributed by atoms with van der Waals surface area (Å²) in [5.41, 5.74) is 0. The molecule has 0 aliphatic carbocycles. The first kappa shape index (κ1) is 49.6. The molecule has 0 aliphatic rings. The standard InChI is InChI=1S/4H3N.4H3O4P/c;;;;4*1-5(2,3)4/h4*1H3;4*(H3,1,2,3,4)/p-8. The maximum absolute atomic E-state index is 8.55. The molecule has 0 aromatic heterocycles. The maximum atomic E-state index is 8.55. The third kappa shape index (κ3) is 129000. The molecule has 160 valence electrons. The molecular formula is H16N4O16P4-8. The molecule has 0 amide bonds. The van der Waals surface area contributed by atoms with Crippen LogP contribution in [0.1, 0.15) is 0 Å². The summed E-state index contributed by atoms with van der Waals surface area (Å²) < 4.78 is 34.2. The van der Waals surface area contributed by atoms with Crippen molar-refractivity contribution in [1.82, 2.24) is 24.6 Å². The summed E-state index contributed by atoms with van der Waals surface area (Å²) in [7, 11) is -21.6. The molecule has 0 aromatic rings. The number of hydrogen-bond donors (Lipinski definition) is 4. The van der Waals surface area contributed by atoms with Gasteiger partial charge in [0.1, 0.15) is 0 Å². The van der Waals surface area contributed by atoms with Gasteiger partial charge in [-0.2, -0.15) is 31.3 Å². The summed E-state index contributed by atoms with van der Waals surface area (Å²) in [5.74, 6) is 0. The van der Waals surface area contributed by atoms with E-state index in [4.69, 9.17) is 77.0 Å². The van der Waals surface area contributed by atoms with Gasteiger partial charge in [0.05, 0.1) is 0 Å². The number of hydrogen-bond acceptors (Lipinski definition) is 16. The molecule has 0 radical (unpaired) electrons. The van der Waals surface area contributed by atoms with E-state index in [0.29, 0.717) is 0 Å². The van der Waals surface area contributed by atoms with Crippen molar-refractivity contribution in [3.8, 4) is 0 Å². The molecule has 0 saturated carbocycles. The summed E-state index contributed by atoms with van der Waals surface area (Å²) in [6, 6.07) is 0. The fourth-order valence-corrected chi connectivity index (χ4v) is 0. The molecule has 0 aromatic carbocycles. The third-order valence-electron chi connectivity index (χ3n) is 0. The van der Waals surface area contributed by atoms with Gasteiger partial charge in [0.15, 0.2) is 0 Å². The van der Waals surface area contributed by atoms with Gasteiger partial charge in [-0.25, -0.2) is 0 Å². The highest BCUT2D eigenvalue weighted by atomic mass is 31.2. The summed E-state index contributed by atoms with van der Waals surface area (Å²) in [4.78, 5) is 103. The zero-order valence-corrected chi connectivity index (χ0v) is 15.9. The van der Waals surface area contributed by atoms with Crippen LogP contribution in [0.5, 0.6) is 0 Å². The van der Waals surface area contributed by atoms with E-state index in [2.05, 4.69) is 0 Å². The van der Waals surface area contributed by atoms with Crippen LogP contribution < -0.4 is 83.3 Å². The van der Waals surface area contributed by atoms with Crippen molar-refractivity contribution in [2.75, 3.05) is 0 Å². The van der Waals surface area contributed by atoms with Crippen molar-refractivity contribution in [3.05, 3.63) is 0 Å². The van der Waals surface area contributed by atoms with Crippen molar-refractivity contribution in [1.29, 1.82) is 0 Å². The molecule has 24 heteroatoms. The van der Waals surface area contributed by atoms with Crippen molar-refractivity contribution >= 4 is 31.3 Å². The average Bonchev–Trinajstić information content (AvgIpc) is 1.62. The molecule has 0 saturated heterocycles. The minimum Gasteiger partial charge on any atom is -0.822 e. The normalized spacial score (nSPS) is 9.83. The maximum Gasteiger partial charge on any atom is -0.159 e. The predicted octanol–water partition coefficient (Wildman–Crippen LogP) is -9.79. The Kier molecular flexibility index (Phi) is 40.6. The molecule has 0 atom stereocenters. The van der Waals surface area contributed by atoms with Crippen LogP contribution in [0.25, 0.3) is 0 Å². The lowest BCUT2D eigenvalue weighted by Crippen LogP contribution is -2.24. The third-order valence-corrected chi connectivity index (χ3v) is 0. The largest absolute Gasteiger partial charge is 0.822 e. The van der Waals surface area contributed by atoms with E-state index >= 15 is 0 Å². The second-order valence-electron chi connectivity index (χ2n) is 1.79. The molecule has 0 spiro atoms. The Morgan fingerprint density at radius 1 is 0.292 bits per heavy atom. The lowest BCUT2D eigenvalue weighted by Gasteiger charge is -2.36. The Morgan fingerprint density at radius 3 is 0.292 bits per heavy atom. The summed E-state index contributed by atoms with van der Waals surface area (Å²) in [5, 5.41) is 0. The molecule has 16 N–H and O–H groups in total. The minimum absolute atomic E-state index is 0. The first-order chi connectivity index (χ1) is 8.00. The van der Waals surface area contributed by atoms with Gasteiger partial charge in [0, 0.05) is 0 Å². The van der Waals surface area contributed by atoms with Gasteiger partial charge < -0.3 is 102 Å². The van der Waals surface area contributed by atoms with Crippen LogP contribution in [0, 0.1) is 0 Å². The molecule has 0 bridgehead atoms. The summed E-state index contributed by atoms with van der Waals surface area (Å²) in [6.07, 6.45) is 0. The van der Waals surface area contributed by atoms with Crippen molar-refractivity contribution in [2.45, 2.75) is 0 Å². The highest BCUT2D eigenvalue weighted by Crippen LogP contribution is 2.04. The fourth-order valence-electron chi connectivity index (χ4n) is 0. The molecule has 0 aliphatic heterocycles. The number of rotatable bonds is 0. The first-order valence-electron chi connectivity index (χ1n) is 2.92. The highest BCUT2D eigenvalue weighted by Gasteiger charge is 1.46. The average molecular weight is 452 g/mol. The fraction of sp³-hybridized carbons (Fsp3) is 0. The zero-order valence-electron chi connectivity index (χ0n) is 12.3. The highest BCUT2D eigenvalue weighted by molar-refractivity contribution is 7.41. The monoisotopic (exact) mass is 452 g/mol. The second kappa shape index (κ2) is 19.6. The molecule has 20 nitrogen and oxygen atoms in total. The van der Waals surface area contributed by atoms with E-state index in [-0.39, 0.29) is 24.6 Å². The van der Waals surface area contributed by atoms with Crippen LogP contribution in [0.3, 0.4) is 0 Å². The van der Waals surface area contributed by atoms with Gasteiger partial charge in [-0.1, -0.05) is 0 Å². The molecule has 0 rings (SSSR count). The van der Waals surface area contributed by atoms with E-state index < -0.39 is 31.3 Å². The molecule has 0 heterocycles. The lowest BCUT2D eigenvalue weighted by atomic mass is 14.0. The molecule has 0 fully saturated rings. The minimum atomic E-state index is -5.39. The smallest absolute Gasteiger partial charge is 0.159 e. The van der Waals surface area contributed by atoms with Crippen LogP contribution in [0.15, 0.2) is 0 Å². The Balaban J connectivity index is -0.0000000225. The SMILES string of the molecule is O=P([O-])([O-])[O-].O=P([O-])([O-])[O-].O=P([O-])([O-])[O-].O=P([O-])([O-])[O-].[NH4+].[NH4+].[NH4+].[NH4+]. The van der Waals surface area contributed by atoms with Crippen LogP contribution in [0.4, 0.5) is 0 Å². The Hall–Kier alpha value is 0.280. The van der Waals surface area contributed by atoms with E-state index in [9.17, 15) is 0 Å². The molecular weight excluding hydrogens is 436 g/mol. The van der Waals surface area contributed by atoms with Gasteiger partial charge >= 0.3 is 0 Å². The molecule has 24 heavy (non-hydrogen) atoms. The van der Waals surface area contributed by atoms with Crippen LogP contribution >= 0.6 is 31.3 Å². The Labute approximate surface area is 134 Å². The van der Waals surface area contributed by atoms with Crippen LogP contribution in [0.2, 0.25) is 0 Å². The molecule has 0 unspecified atom stereocenters. The van der Waals surface area contributed by atoms with Gasteiger partial charge in [-0.3, -0.25) is 0 Å². The van der Waals surface area contributed by atoms with Crippen molar-refractivity contribution < 1.29 is 77.0 Å². The Bertz CT molecular complexity index is 295. The predicted molar refractivity (Wildman–Crippen MR) is 54.4 cm³/mol. The van der Waals surface area contributed by atoms with E-state index in [1.165, 1.54) is 0 Å². The second-order valence-corrected chi connectivity index (χ2v) is 5.37. The summed E-state index contributed by atoms with van der Waals surface area (Å²) >= 11 is 0. The van der Waals surface area contributed by atoms with E-state index in [1.807, 2.05) is 0 Å². The van der Waals surface area contributed by atoms with Gasteiger partial charge in [-0.15, -0.1) is 0 Å². The van der Waals surface area contributed by atoms with Gasteiger partial charge in [0.2, 0.25) is 0 Å². The quantitative estimate of drug-likeness (QED) is 0.248. The van der Waals surface area contributed by atoms with Crippen molar-refractivity contribution in [2.24, 2.45) is 0 Å². The van der Waals surface area contributed by atoms with Crippen LogP contribution in [-0.4, -0.2) is 0 Å². The van der Waals surface area contributed by atoms with Gasteiger partial charge in [-0.05, 0) is 0 Å². The lowest BCUT2D eigenvalue weighted by molar-refractivity contribution is -0.434. The topological polar surface area (TPSA) is 491 Å². The number of phosphoric acid groups is 4. The summed E-state index contributed by atoms with van der Waals surface area (Å²) in [6.45, 7) is 0. The van der Waals surface area contributed by atoms with E-state index in [1.54, 1.807) is 0 Å². The van der Waals surface area contributed by atoms with Gasteiger partial charge in [0.25, 0.3) is 0 Å².